The average Bonchev–Trinajstić information content (AvgIpc) is 3.41. The number of aromatic nitrogens is 5. The van der Waals surface area contributed by atoms with Crippen molar-refractivity contribution in [1.82, 2.24) is 29.6 Å². The maximum Gasteiger partial charge on any atom is 0.321 e. The summed E-state index contributed by atoms with van der Waals surface area (Å²) in [6.45, 7) is 3.20. The molecule has 3 atom stereocenters. The maximum absolute atomic E-state index is 13.6. The van der Waals surface area contributed by atoms with Crippen LogP contribution < -0.4 is 10.1 Å². The number of carbonyl (C=O) groups is 3. The highest BCUT2D eigenvalue weighted by Gasteiger charge is 2.56. The van der Waals surface area contributed by atoms with Crippen LogP contribution in [0.15, 0.2) is 53.4 Å². The van der Waals surface area contributed by atoms with Gasteiger partial charge in [0.25, 0.3) is 0 Å². The normalized spacial score (nSPS) is 19.6. The Kier molecular flexibility index (Phi) is 6.34. The van der Waals surface area contributed by atoms with E-state index in [0.717, 1.165) is 12.0 Å². The van der Waals surface area contributed by atoms with Crippen LogP contribution in [0.1, 0.15) is 35.8 Å². The Morgan fingerprint density at radius 2 is 1.92 bits per heavy atom. The van der Waals surface area contributed by atoms with Crippen molar-refractivity contribution >= 4 is 50.2 Å². The van der Waals surface area contributed by atoms with Crippen LogP contribution in [0.4, 0.5) is 5.82 Å². The van der Waals surface area contributed by atoms with Gasteiger partial charge >= 0.3 is 6.01 Å². The van der Waals surface area contributed by atoms with Gasteiger partial charge in [0.05, 0.1) is 5.52 Å². The van der Waals surface area contributed by atoms with Crippen LogP contribution in [0, 0.1) is 12.8 Å². The average molecular weight is 590 g/mol. The molecule has 2 aliphatic rings. The lowest BCUT2D eigenvalue weighted by atomic mass is 10.1. The summed E-state index contributed by atoms with van der Waals surface area (Å²) >= 11 is 3.30. The molecule has 2 amide bonds. The number of pyridine rings is 1. The summed E-state index contributed by atoms with van der Waals surface area (Å²) in [6, 6.07) is 10.0. The number of carbonyl (C=O) groups excluding carboxylic acids is 3. The number of ether oxygens (including phenoxy) is 1. The van der Waals surface area contributed by atoms with E-state index in [1.54, 1.807) is 53.7 Å². The fourth-order valence-corrected chi connectivity index (χ4v) is 5.43. The molecule has 198 valence electrons. The number of likely N-dealkylation sites (tertiary alicyclic amines) is 1. The number of hydrogen-bond acceptors (Lipinski definition) is 8. The van der Waals surface area contributed by atoms with Crippen LogP contribution >= 0.6 is 15.9 Å². The van der Waals surface area contributed by atoms with E-state index in [4.69, 9.17) is 4.74 Å². The number of benzene rings is 1. The molecule has 1 aliphatic heterocycles. The van der Waals surface area contributed by atoms with E-state index < -0.39 is 6.04 Å². The van der Waals surface area contributed by atoms with Crippen LogP contribution in [0.25, 0.3) is 10.9 Å². The molecular weight excluding hydrogens is 566 g/mol. The number of piperidine rings is 1. The lowest BCUT2D eigenvalue weighted by Gasteiger charge is -2.26. The number of nitrogens with one attached hydrogen (secondary N) is 1. The van der Waals surface area contributed by atoms with Gasteiger partial charge in [-0.25, -0.2) is 15.0 Å². The zero-order chi connectivity index (χ0) is 27.3. The number of anilines is 1. The first kappa shape index (κ1) is 25.1. The predicted molar refractivity (Wildman–Crippen MR) is 144 cm³/mol. The molecule has 6 rings (SSSR count). The molecule has 11 nitrogen and oxygen atoms in total. The summed E-state index contributed by atoms with van der Waals surface area (Å²) in [5, 5.41) is 7.85. The topological polar surface area (TPSA) is 132 Å². The lowest BCUT2D eigenvalue weighted by molar-refractivity contribution is -0.138. The van der Waals surface area contributed by atoms with Gasteiger partial charge in [0.2, 0.25) is 11.8 Å². The predicted octanol–water partition coefficient (Wildman–Crippen LogP) is 3.92. The fraction of sp³-hybridized carbons (Fsp3) is 0.296. The molecule has 1 aliphatic carbocycles. The summed E-state index contributed by atoms with van der Waals surface area (Å²) in [6.07, 6.45) is 4.79. The van der Waals surface area contributed by atoms with Crippen LogP contribution in [0.5, 0.6) is 11.8 Å². The number of nitrogens with zero attached hydrogens (tertiary/aromatic N) is 6. The Labute approximate surface area is 231 Å². The van der Waals surface area contributed by atoms with E-state index >= 15 is 0 Å². The van der Waals surface area contributed by atoms with Gasteiger partial charge < -0.3 is 15.0 Å². The van der Waals surface area contributed by atoms with Gasteiger partial charge in [-0.1, -0.05) is 6.07 Å². The molecule has 0 unspecified atom stereocenters. The van der Waals surface area contributed by atoms with Crippen molar-refractivity contribution in [3.05, 3.63) is 64.7 Å². The fourth-order valence-electron chi connectivity index (χ4n) is 5.09. The minimum Gasteiger partial charge on any atom is -0.424 e. The van der Waals surface area contributed by atoms with Crippen molar-refractivity contribution in [3.8, 4) is 11.8 Å². The molecule has 1 saturated carbocycles. The standard InChI is InChI=1S/C27H24BrN7O4/c1-14-11-29-27(30-12-14)39-17-6-7-19-18(10-17)25(15(2)36)33-34(19)13-24(37)35-20-8-16(20)9-21(35)26(38)32-23-5-3-4-22(28)31-23/h3-7,10-12,16,20-21H,8-9,13H2,1-2H3,(H,31,32,38)/t16-,20-,21+/m1/s1. The van der Waals surface area contributed by atoms with Crippen LogP contribution in [0.2, 0.25) is 0 Å². The van der Waals surface area contributed by atoms with Gasteiger partial charge in [-0.05, 0) is 77.5 Å². The second kappa shape index (κ2) is 9.84. The van der Waals surface area contributed by atoms with Crippen molar-refractivity contribution in [2.24, 2.45) is 5.92 Å². The monoisotopic (exact) mass is 589 g/mol. The Morgan fingerprint density at radius 1 is 1.13 bits per heavy atom. The minimum absolute atomic E-state index is 0.0346. The first-order valence-electron chi connectivity index (χ1n) is 12.5. The summed E-state index contributed by atoms with van der Waals surface area (Å²) < 4.78 is 7.89. The van der Waals surface area contributed by atoms with Crippen molar-refractivity contribution < 1.29 is 19.1 Å². The smallest absolute Gasteiger partial charge is 0.321 e. The first-order chi connectivity index (χ1) is 18.8. The highest BCUT2D eigenvalue weighted by atomic mass is 79.9. The molecule has 0 spiro atoms. The Balaban J connectivity index is 1.24. The van der Waals surface area contributed by atoms with Gasteiger partial charge in [-0.3, -0.25) is 19.1 Å². The minimum atomic E-state index is -0.592. The quantitative estimate of drug-likeness (QED) is 0.253. The number of aryl methyl sites for hydroxylation is 1. The highest BCUT2D eigenvalue weighted by Crippen LogP contribution is 2.48. The molecule has 4 heterocycles. The third-order valence-electron chi connectivity index (χ3n) is 6.97. The van der Waals surface area contributed by atoms with Gasteiger partial charge in [-0.15, -0.1) is 0 Å². The third-order valence-corrected chi connectivity index (χ3v) is 7.41. The van der Waals surface area contributed by atoms with E-state index in [0.29, 0.717) is 39.4 Å². The number of hydrogen-bond donors (Lipinski definition) is 1. The lowest BCUT2D eigenvalue weighted by Crippen LogP contribution is -2.46. The zero-order valence-corrected chi connectivity index (χ0v) is 22.8. The molecule has 3 aromatic heterocycles. The van der Waals surface area contributed by atoms with E-state index in [1.165, 1.54) is 11.6 Å². The van der Waals surface area contributed by atoms with Gasteiger partial charge in [0.15, 0.2) is 5.78 Å². The number of Topliss-reactive ketones (excluding diaryl/α,β-unsaturated/α-hetero) is 1. The number of halogens is 1. The third kappa shape index (κ3) is 4.99. The van der Waals surface area contributed by atoms with E-state index in [-0.39, 0.29) is 41.9 Å². The maximum atomic E-state index is 13.6. The number of fused-ring (bicyclic) bond motifs is 2. The molecular formula is C27H24BrN7O4. The van der Waals surface area contributed by atoms with Crippen molar-refractivity contribution in [2.45, 2.75) is 45.3 Å². The van der Waals surface area contributed by atoms with E-state index in [9.17, 15) is 14.4 Å². The largest absolute Gasteiger partial charge is 0.424 e. The van der Waals surface area contributed by atoms with Gasteiger partial charge in [0.1, 0.15) is 34.5 Å². The number of ketones is 1. The molecule has 4 aromatic rings. The number of rotatable bonds is 7. The summed E-state index contributed by atoms with van der Waals surface area (Å²) in [5.74, 6) is 0.438. The van der Waals surface area contributed by atoms with Gasteiger partial charge in [-0.2, -0.15) is 5.10 Å². The van der Waals surface area contributed by atoms with Crippen LogP contribution in [0.3, 0.4) is 0 Å². The van der Waals surface area contributed by atoms with Crippen molar-refractivity contribution in [2.75, 3.05) is 5.32 Å². The summed E-state index contributed by atoms with van der Waals surface area (Å²) in [7, 11) is 0. The molecule has 0 bridgehead atoms. The molecule has 1 saturated heterocycles. The van der Waals surface area contributed by atoms with Crippen molar-refractivity contribution in [1.29, 1.82) is 0 Å². The molecule has 2 fully saturated rings. The highest BCUT2D eigenvalue weighted by molar-refractivity contribution is 9.10. The zero-order valence-electron chi connectivity index (χ0n) is 21.2. The van der Waals surface area contributed by atoms with Crippen molar-refractivity contribution in [3.63, 3.8) is 0 Å². The molecule has 39 heavy (non-hydrogen) atoms. The summed E-state index contributed by atoms with van der Waals surface area (Å²) in [5.41, 5.74) is 1.74. The molecule has 0 radical (unpaired) electrons. The molecule has 1 aromatic carbocycles. The van der Waals surface area contributed by atoms with Gasteiger partial charge in [0, 0.05) is 30.7 Å². The van der Waals surface area contributed by atoms with E-state index in [1.807, 2.05) is 6.92 Å². The second-order valence-electron chi connectivity index (χ2n) is 9.84. The Bertz CT molecular complexity index is 1620. The first-order valence-corrected chi connectivity index (χ1v) is 13.3. The van der Waals surface area contributed by atoms with Crippen LogP contribution in [-0.4, -0.2) is 59.3 Å². The molecule has 12 heteroatoms. The number of amides is 2. The summed E-state index contributed by atoms with van der Waals surface area (Å²) in [4.78, 5) is 53.3. The second-order valence-corrected chi connectivity index (χ2v) is 10.6. The Morgan fingerprint density at radius 3 is 2.67 bits per heavy atom. The Hall–Kier alpha value is -4.19. The van der Waals surface area contributed by atoms with Crippen LogP contribution in [-0.2, 0) is 16.1 Å². The van der Waals surface area contributed by atoms with E-state index in [2.05, 4.69) is 41.3 Å². The molecule has 1 N–H and O–H groups in total. The SMILES string of the molecule is CC(=O)c1nn(CC(=O)N2[C@@H]3C[C@@H]3C[C@H]2C(=O)Nc2cccc(Br)n2)c2ccc(Oc3ncc(C)cn3)cc12.